The van der Waals surface area contributed by atoms with Crippen molar-refractivity contribution in [3.63, 3.8) is 0 Å². The van der Waals surface area contributed by atoms with Gasteiger partial charge in [0.05, 0.1) is 18.2 Å². The van der Waals surface area contributed by atoms with E-state index in [1.807, 2.05) is 14.0 Å². The summed E-state index contributed by atoms with van der Waals surface area (Å²) in [6.45, 7) is 4.02. The Morgan fingerprint density at radius 2 is 2.20 bits per heavy atom. The molecule has 0 aliphatic heterocycles. The first-order valence-electron chi connectivity index (χ1n) is 6.62. The maximum atomic E-state index is 11.6. The molecule has 0 radical (unpaired) electrons. The number of carbonyl (C=O) groups is 1. The van der Waals surface area contributed by atoms with E-state index >= 15 is 0 Å². The summed E-state index contributed by atoms with van der Waals surface area (Å²) in [5.41, 5.74) is 2.56. The molecular weight excluding hydrogens is 280 g/mol. The number of hydrogen-bond acceptors (Lipinski definition) is 4. The molecule has 2 heterocycles. The normalized spacial score (nSPS) is 12.8. The Morgan fingerprint density at radius 1 is 1.50 bits per heavy atom. The molecule has 0 aromatic carbocycles. The van der Waals surface area contributed by atoms with Crippen LogP contribution in [-0.2, 0) is 29.5 Å². The third kappa shape index (κ3) is 2.52. The highest BCUT2D eigenvalue weighted by Gasteiger charge is 2.22. The fourth-order valence-electron chi connectivity index (χ4n) is 2.32. The lowest BCUT2D eigenvalue weighted by Crippen LogP contribution is -2.16. The minimum atomic E-state index is -0.332. The summed E-state index contributed by atoms with van der Waals surface area (Å²) in [4.78, 5) is 16.2. The first-order valence-corrected chi connectivity index (χ1v) is 7.06. The fraction of sp³-hybridized carbons (Fsp3) is 0.615. The summed E-state index contributed by atoms with van der Waals surface area (Å²) < 4.78 is 8.27. The molecule has 7 heteroatoms. The van der Waals surface area contributed by atoms with Crippen molar-refractivity contribution >= 4 is 28.7 Å². The number of carbonyl (C=O) groups excluding carboxylic acids is 1. The zero-order valence-corrected chi connectivity index (χ0v) is 12.9. The topological polar surface area (TPSA) is 61.9 Å². The molecule has 110 valence electrons. The quantitative estimate of drug-likeness (QED) is 0.627. The summed E-state index contributed by atoms with van der Waals surface area (Å²) in [5.74, 6) is 0.332. The fourth-order valence-corrected chi connectivity index (χ4v) is 2.48. The Morgan fingerprint density at radius 3 is 2.75 bits per heavy atom. The summed E-state index contributed by atoms with van der Waals surface area (Å²) in [7, 11) is 3.21. The molecule has 2 aromatic heterocycles. The maximum Gasteiger partial charge on any atom is 0.325 e. The molecule has 0 saturated carbocycles. The first kappa shape index (κ1) is 14.8. The molecule has 0 spiro atoms. The SMILES string of the molecule is CCCc1nn(C)c2c1nc(C(C)Cl)n2CC(=O)OC. The van der Waals surface area contributed by atoms with E-state index in [9.17, 15) is 4.79 Å². The van der Waals surface area contributed by atoms with E-state index in [1.165, 1.54) is 7.11 Å². The largest absolute Gasteiger partial charge is 0.468 e. The van der Waals surface area contributed by atoms with Gasteiger partial charge in [0, 0.05) is 7.05 Å². The number of aromatic nitrogens is 4. The molecule has 6 nitrogen and oxygen atoms in total. The molecule has 0 aliphatic carbocycles. The third-order valence-corrected chi connectivity index (χ3v) is 3.37. The second kappa shape index (κ2) is 5.83. The predicted octanol–water partition coefficient (Wildman–Crippen LogP) is 2.20. The van der Waals surface area contributed by atoms with E-state index in [2.05, 4.69) is 17.0 Å². The van der Waals surface area contributed by atoms with E-state index in [-0.39, 0.29) is 17.9 Å². The molecule has 2 rings (SSSR count). The average Bonchev–Trinajstić information content (AvgIpc) is 2.90. The number of esters is 1. The van der Waals surface area contributed by atoms with Crippen molar-refractivity contribution in [1.82, 2.24) is 19.3 Å². The number of imidazole rings is 1. The van der Waals surface area contributed by atoms with Crippen LogP contribution in [0.4, 0.5) is 0 Å². The van der Waals surface area contributed by atoms with Gasteiger partial charge >= 0.3 is 5.97 Å². The van der Waals surface area contributed by atoms with Gasteiger partial charge in [-0.25, -0.2) is 4.98 Å². The van der Waals surface area contributed by atoms with Crippen LogP contribution in [0, 0.1) is 0 Å². The molecule has 0 amide bonds. The Hall–Kier alpha value is -1.56. The van der Waals surface area contributed by atoms with Gasteiger partial charge in [-0.05, 0) is 13.3 Å². The number of fused-ring (bicyclic) bond motifs is 1. The van der Waals surface area contributed by atoms with Gasteiger partial charge < -0.3 is 9.30 Å². The highest BCUT2D eigenvalue weighted by atomic mass is 35.5. The van der Waals surface area contributed by atoms with Crippen molar-refractivity contribution in [2.75, 3.05) is 7.11 Å². The molecule has 0 N–H and O–H groups in total. The van der Waals surface area contributed by atoms with Crippen LogP contribution in [0.5, 0.6) is 0 Å². The minimum Gasteiger partial charge on any atom is -0.468 e. The van der Waals surface area contributed by atoms with Crippen LogP contribution in [0.15, 0.2) is 0 Å². The van der Waals surface area contributed by atoms with Gasteiger partial charge in [0.1, 0.15) is 17.9 Å². The Bertz CT molecular complexity index is 630. The van der Waals surface area contributed by atoms with Crippen LogP contribution in [0.1, 0.15) is 37.2 Å². The Labute approximate surface area is 122 Å². The summed E-state index contributed by atoms with van der Waals surface area (Å²) in [5, 5.41) is 4.18. The zero-order valence-electron chi connectivity index (χ0n) is 12.2. The van der Waals surface area contributed by atoms with Gasteiger partial charge in [0.25, 0.3) is 0 Å². The molecule has 0 saturated heterocycles. The first-order chi connectivity index (χ1) is 9.49. The van der Waals surface area contributed by atoms with Crippen molar-refractivity contribution < 1.29 is 9.53 Å². The van der Waals surface area contributed by atoms with Crippen molar-refractivity contribution in [1.29, 1.82) is 0 Å². The standard InChI is InChI=1S/C13H19ClN4O2/c1-5-6-9-11-13(17(3)16-9)18(7-10(19)20-4)12(15-11)8(2)14/h8H,5-7H2,1-4H3. The molecule has 2 aromatic rings. The number of aryl methyl sites for hydroxylation is 2. The number of alkyl halides is 1. The van der Waals surface area contributed by atoms with E-state index in [4.69, 9.17) is 16.3 Å². The molecule has 0 aliphatic rings. The van der Waals surface area contributed by atoms with Crippen molar-refractivity contribution in [2.24, 2.45) is 7.05 Å². The number of ether oxygens (including phenoxy) is 1. The van der Waals surface area contributed by atoms with Crippen molar-refractivity contribution in [2.45, 2.75) is 38.6 Å². The molecule has 0 bridgehead atoms. The summed E-state index contributed by atoms with van der Waals surface area (Å²) >= 11 is 6.18. The van der Waals surface area contributed by atoms with Crippen LogP contribution >= 0.6 is 11.6 Å². The van der Waals surface area contributed by atoms with Gasteiger partial charge in [-0.2, -0.15) is 5.10 Å². The van der Waals surface area contributed by atoms with Crippen LogP contribution in [-0.4, -0.2) is 32.4 Å². The molecule has 1 atom stereocenters. The lowest BCUT2D eigenvalue weighted by molar-refractivity contribution is -0.141. The van der Waals surface area contributed by atoms with E-state index in [0.717, 1.165) is 29.7 Å². The highest BCUT2D eigenvalue weighted by Crippen LogP contribution is 2.26. The van der Waals surface area contributed by atoms with Crippen molar-refractivity contribution in [3.05, 3.63) is 11.5 Å². The van der Waals surface area contributed by atoms with Crippen LogP contribution < -0.4 is 0 Å². The monoisotopic (exact) mass is 298 g/mol. The second-order valence-electron chi connectivity index (χ2n) is 4.74. The average molecular weight is 299 g/mol. The molecular formula is C13H19ClN4O2. The van der Waals surface area contributed by atoms with Crippen molar-refractivity contribution in [3.8, 4) is 0 Å². The summed E-state index contributed by atoms with van der Waals surface area (Å²) in [6.07, 6.45) is 1.84. The minimum absolute atomic E-state index is 0.0878. The van der Waals surface area contributed by atoms with Gasteiger partial charge in [0.15, 0.2) is 5.65 Å². The second-order valence-corrected chi connectivity index (χ2v) is 5.40. The zero-order chi connectivity index (χ0) is 14.9. The summed E-state index contributed by atoms with van der Waals surface area (Å²) in [6, 6.07) is 0. The van der Waals surface area contributed by atoms with E-state index < -0.39 is 0 Å². The molecule has 1 unspecified atom stereocenters. The molecule has 20 heavy (non-hydrogen) atoms. The number of hydrogen-bond donors (Lipinski definition) is 0. The number of methoxy groups -OCH3 is 1. The number of nitrogens with zero attached hydrogens (tertiary/aromatic N) is 4. The Kier molecular flexibility index (Phi) is 4.32. The number of halogens is 1. The van der Waals surface area contributed by atoms with Crippen LogP contribution in [0.25, 0.3) is 11.2 Å². The lowest BCUT2D eigenvalue weighted by Gasteiger charge is -2.09. The third-order valence-electron chi connectivity index (χ3n) is 3.18. The highest BCUT2D eigenvalue weighted by molar-refractivity contribution is 6.20. The maximum absolute atomic E-state index is 11.6. The van der Waals surface area contributed by atoms with E-state index in [1.54, 1.807) is 9.25 Å². The number of rotatable bonds is 5. The van der Waals surface area contributed by atoms with Crippen LogP contribution in [0.3, 0.4) is 0 Å². The predicted molar refractivity (Wildman–Crippen MR) is 76.8 cm³/mol. The van der Waals surface area contributed by atoms with Gasteiger partial charge in [-0.1, -0.05) is 13.3 Å². The lowest BCUT2D eigenvalue weighted by atomic mass is 10.2. The van der Waals surface area contributed by atoms with Crippen LogP contribution in [0.2, 0.25) is 0 Å². The van der Waals surface area contributed by atoms with E-state index in [0.29, 0.717) is 5.82 Å². The molecule has 0 fully saturated rings. The van der Waals surface area contributed by atoms with Gasteiger partial charge in [0.2, 0.25) is 0 Å². The Balaban J connectivity index is 2.61. The van der Waals surface area contributed by atoms with Gasteiger partial charge in [-0.3, -0.25) is 9.48 Å². The smallest absolute Gasteiger partial charge is 0.325 e. The van der Waals surface area contributed by atoms with Gasteiger partial charge in [-0.15, -0.1) is 11.6 Å².